The fourth-order valence-corrected chi connectivity index (χ4v) is 1.86. The minimum absolute atomic E-state index is 0.287. The van der Waals surface area contributed by atoms with E-state index in [1.54, 1.807) is 7.11 Å². The third kappa shape index (κ3) is 1.55. The molecular formula is C11H18O. The topological polar surface area (TPSA) is 9.23 Å². The van der Waals surface area contributed by atoms with Gasteiger partial charge in [-0.25, -0.2) is 0 Å². The second-order valence-corrected chi connectivity index (χ2v) is 3.89. The van der Waals surface area contributed by atoms with Crippen molar-refractivity contribution in [1.29, 1.82) is 0 Å². The fourth-order valence-electron chi connectivity index (χ4n) is 1.86. The average Bonchev–Trinajstić information content (AvgIpc) is 2.02. The van der Waals surface area contributed by atoms with E-state index in [0.717, 1.165) is 18.6 Å². The summed E-state index contributed by atoms with van der Waals surface area (Å²) in [6.07, 6.45) is 6.49. The molecule has 1 aliphatic carbocycles. The van der Waals surface area contributed by atoms with Gasteiger partial charge in [0.1, 0.15) is 5.76 Å². The van der Waals surface area contributed by atoms with Crippen LogP contribution in [-0.4, -0.2) is 7.11 Å². The Labute approximate surface area is 75.1 Å². The predicted molar refractivity (Wildman–Crippen MR) is 51.9 cm³/mol. The van der Waals surface area contributed by atoms with E-state index in [9.17, 15) is 0 Å². The van der Waals surface area contributed by atoms with E-state index in [1.165, 1.54) is 5.57 Å². The van der Waals surface area contributed by atoms with Gasteiger partial charge in [-0.05, 0) is 29.9 Å². The maximum atomic E-state index is 5.32. The van der Waals surface area contributed by atoms with Crippen molar-refractivity contribution in [3.8, 4) is 0 Å². The summed E-state index contributed by atoms with van der Waals surface area (Å²) in [6, 6.07) is 0. The minimum Gasteiger partial charge on any atom is -0.497 e. The van der Waals surface area contributed by atoms with Crippen molar-refractivity contribution < 1.29 is 4.74 Å². The van der Waals surface area contributed by atoms with Crippen molar-refractivity contribution >= 4 is 0 Å². The molecule has 0 radical (unpaired) electrons. The first-order valence-corrected chi connectivity index (χ1v) is 4.56. The van der Waals surface area contributed by atoms with E-state index in [1.807, 2.05) is 0 Å². The average molecular weight is 166 g/mol. The Morgan fingerprint density at radius 2 is 2.17 bits per heavy atom. The highest BCUT2D eigenvalue weighted by molar-refractivity contribution is 5.29. The summed E-state index contributed by atoms with van der Waals surface area (Å²) in [4.78, 5) is 0. The number of hydrogen-bond acceptors (Lipinski definition) is 1. The van der Waals surface area contributed by atoms with Crippen LogP contribution in [0.3, 0.4) is 0 Å². The molecule has 0 saturated heterocycles. The van der Waals surface area contributed by atoms with Crippen molar-refractivity contribution in [2.24, 2.45) is 5.41 Å². The molecule has 0 spiro atoms. The highest BCUT2D eigenvalue weighted by Gasteiger charge is 2.26. The van der Waals surface area contributed by atoms with Crippen LogP contribution in [0.4, 0.5) is 0 Å². The van der Waals surface area contributed by atoms with Gasteiger partial charge in [-0.1, -0.05) is 26.8 Å². The van der Waals surface area contributed by atoms with Gasteiger partial charge in [0.15, 0.2) is 0 Å². The first kappa shape index (κ1) is 9.37. The number of rotatable bonds is 2. The molecular weight excluding hydrogens is 148 g/mol. The van der Waals surface area contributed by atoms with Gasteiger partial charge >= 0.3 is 0 Å². The van der Waals surface area contributed by atoms with Crippen LogP contribution in [0.1, 0.15) is 33.6 Å². The van der Waals surface area contributed by atoms with Crippen LogP contribution in [0, 0.1) is 5.41 Å². The SMILES string of the molecule is CCC1=C(OC)C=CCC1(C)C. The highest BCUT2D eigenvalue weighted by atomic mass is 16.5. The zero-order valence-corrected chi connectivity index (χ0v) is 8.48. The zero-order valence-electron chi connectivity index (χ0n) is 8.48. The summed E-state index contributed by atoms with van der Waals surface area (Å²) >= 11 is 0. The monoisotopic (exact) mass is 166 g/mol. The van der Waals surface area contributed by atoms with E-state index in [4.69, 9.17) is 4.74 Å². The smallest absolute Gasteiger partial charge is 0.118 e. The standard InChI is InChI=1S/C11H18O/c1-5-9-10(12-4)7-6-8-11(9,2)3/h6-7H,5,8H2,1-4H3. The van der Waals surface area contributed by atoms with Crippen molar-refractivity contribution in [3.63, 3.8) is 0 Å². The Kier molecular flexibility index (Phi) is 2.61. The Balaban J connectivity index is 3.02. The first-order valence-electron chi connectivity index (χ1n) is 4.56. The number of ether oxygens (including phenoxy) is 1. The molecule has 68 valence electrons. The van der Waals surface area contributed by atoms with E-state index < -0.39 is 0 Å². The summed E-state index contributed by atoms with van der Waals surface area (Å²) in [7, 11) is 1.75. The summed E-state index contributed by atoms with van der Waals surface area (Å²) in [6.45, 7) is 6.73. The lowest BCUT2D eigenvalue weighted by molar-refractivity contribution is 0.277. The second kappa shape index (κ2) is 3.34. The third-order valence-corrected chi connectivity index (χ3v) is 2.59. The van der Waals surface area contributed by atoms with Crippen LogP contribution in [0.15, 0.2) is 23.5 Å². The largest absolute Gasteiger partial charge is 0.497 e. The summed E-state index contributed by atoms with van der Waals surface area (Å²) in [5.41, 5.74) is 1.72. The van der Waals surface area contributed by atoms with Crippen molar-refractivity contribution in [1.82, 2.24) is 0 Å². The lowest BCUT2D eigenvalue weighted by Gasteiger charge is -2.30. The molecule has 1 heteroatoms. The molecule has 0 amide bonds. The quantitative estimate of drug-likeness (QED) is 0.611. The molecule has 1 nitrogen and oxygen atoms in total. The Bertz CT molecular complexity index is 221. The molecule has 0 atom stereocenters. The summed E-state index contributed by atoms with van der Waals surface area (Å²) < 4.78 is 5.32. The van der Waals surface area contributed by atoms with Crippen LogP contribution in [0.5, 0.6) is 0 Å². The molecule has 0 heterocycles. The molecule has 0 bridgehead atoms. The van der Waals surface area contributed by atoms with Crippen molar-refractivity contribution in [2.75, 3.05) is 7.11 Å². The Hall–Kier alpha value is -0.720. The third-order valence-electron chi connectivity index (χ3n) is 2.59. The molecule has 12 heavy (non-hydrogen) atoms. The van der Waals surface area contributed by atoms with Crippen LogP contribution in [-0.2, 0) is 4.74 Å². The minimum atomic E-state index is 0.287. The number of hydrogen-bond donors (Lipinski definition) is 0. The number of allylic oxidation sites excluding steroid dienone is 3. The van der Waals surface area contributed by atoms with Gasteiger partial charge in [0, 0.05) is 0 Å². The number of methoxy groups -OCH3 is 1. The Morgan fingerprint density at radius 3 is 2.58 bits per heavy atom. The van der Waals surface area contributed by atoms with Gasteiger partial charge in [0.25, 0.3) is 0 Å². The molecule has 0 aliphatic heterocycles. The highest BCUT2D eigenvalue weighted by Crippen LogP contribution is 2.38. The van der Waals surface area contributed by atoms with E-state index in [0.29, 0.717) is 0 Å². The van der Waals surface area contributed by atoms with Gasteiger partial charge in [0.05, 0.1) is 7.11 Å². The van der Waals surface area contributed by atoms with Crippen molar-refractivity contribution in [2.45, 2.75) is 33.6 Å². The van der Waals surface area contributed by atoms with E-state index in [2.05, 4.69) is 32.9 Å². The molecule has 0 aromatic carbocycles. The van der Waals surface area contributed by atoms with E-state index >= 15 is 0 Å². The molecule has 0 unspecified atom stereocenters. The molecule has 0 N–H and O–H groups in total. The van der Waals surface area contributed by atoms with E-state index in [-0.39, 0.29) is 5.41 Å². The summed E-state index contributed by atoms with van der Waals surface area (Å²) in [5.74, 6) is 1.06. The Morgan fingerprint density at radius 1 is 1.50 bits per heavy atom. The lowest BCUT2D eigenvalue weighted by Crippen LogP contribution is -2.18. The van der Waals surface area contributed by atoms with Crippen LogP contribution < -0.4 is 0 Å². The van der Waals surface area contributed by atoms with Gasteiger partial charge in [0.2, 0.25) is 0 Å². The second-order valence-electron chi connectivity index (χ2n) is 3.89. The van der Waals surface area contributed by atoms with Crippen LogP contribution in [0.25, 0.3) is 0 Å². The lowest BCUT2D eigenvalue weighted by atomic mass is 9.76. The maximum absolute atomic E-state index is 5.32. The van der Waals surface area contributed by atoms with Crippen LogP contribution >= 0.6 is 0 Å². The van der Waals surface area contributed by atoms with Gasteiger partial charge < -0.3 is 4.74 Å². The fraction of sp³-hybridized carbons (Fsp3) is 0.636. The van der Waals surface area contributed by atoms with Gasteiger partial charge in [-0.3, -0.25) is 0 Å². The normalized spacial score (nSPS) is 21.3. The summed E-state index contributed by atoms with van der Waals surface area (Å²) in [5, 5.41) is 0. The first-order chi connectivity index (χ1) is 5.61. The molecule has 0 fully saturated rings. The molecule has 0 saturated carbocycles. The molecule has 1 rings (SSSR count). The predicted octanol–water partition coefficient (Wildman–Crippen LogP) is 3.28. The van der Waals surface area contributed by atoms with Crippen LogP contribution in [0.2, 0.25) is 0 Å². The zero-order chi connectivity index (χ0) is 9.19. The molecule has 1 aliphatic rings. The van der Waals surface area contributed by atoms with Gasteiger partial charge in [-0.2, -0.15) is 0 Å². The maximum Gasteiger partial charge on any atom is 0.118 e. The molecule has 0 aromatic rings. The van der Waals surface area contributed by atoms with Gasteiger partial charge in [-0.15, -0.1) is 0 Å². The molecule has 0 aromatic heterocycles. The van der Waals surface area contributed by atoms with Crippen molar-refractivity contribution in [3.05, 3.63) is 23.5 Å².